The molecule has 1 N–H and O–H groups in total. The second-order valence-electron chi connectivity index (χ2n) is 2.70. The first-order valence-corrected chi connectivity index (χ1v) is 3.26. The van der Waals surface area contributed by atoms with Crippen molar-refractivity contribution >= 4 is 12.4 Å². The standard InChI is InChI=1S/C6H11F2NO.ClH/c1-6(5(7)8)4-10-3-2-9-6;/h5,9H,2-4H2,1H3;1H. The second-order valence-corrected chi connectivity index (χ2v) is 2.70. The Labute approximate surface area is 70.7 Å². The molecular formula is C6H12ClF2NO. The van der Waals surface area contributed by atoms with Crippen LogP contribution in [-0.4, -0.2) is 31.7 Å². The first-order chi connectivity index (χ1) is 4.65. The van der Waals surface area contributed by atoms with Crippen LogP contribution in [0.15, 0.2) is 0 Å². The van der Waals surface area contributed by atoms with Crippen molar-refractivity contribution in [3.8, 4) is 0 Å². The molecule has 11 heavy (non-hydrogen) atoms. The molecule has 0 spiro atoms. The van der Waals surface area contributed by atoms with Crippen molar-refractivity contribution in [2.75, 3.05) is 19.8 Å². The van der Waals surface area contributed by atoms with E-state index >= 15 is 0 Å². The van der Waals surface area contributed by atoms with E-state index in [1.54, 1.807) is 0 Å². The minimum atomic E-state index is -2.35. The summed E-state index contributed by atoms with van der Waals surface area (Å²) in [6, 6.07) is 0. The van der Waals surface area contributed by atoms with Gasteiger partial charge in [-0.1, -0.05) is 0 Å². The molecule has 1 aliphatic heterocycles. The maximum atomic E-state index is 12.2. The topological polar surface area (TPSA) is 21.3 Å². The summed E-state index contributed by atoms with van der Waals surface area (Å²) in [6.45, 7) is 2.62. The molecule has 1 unspecified atom stereocenters. The summed E-state index contributed by atoms with van der Waals surface area (Å²) < 4.78 is 29.2. The number of hydrogen-bond donors (Lipinski definition) is 1. The fourth-order valence-corrected chi connectivity index (χ4v) is 0.884. The SMILES string of the molecule is CC1(C(F)F)COCCN1.Cl. The van der Waals surface area contributed by atoms with Gasteiger partial charge in [-0.3, -0.25) is 0 Å². The molecule has 1 atom stereocenters. The molecule has 1 saturated heterocycles. The van der Waals surface area contributed by atoms with E-state index in [0.29, 0.717) is 13.2 Å². The van der Waals surface area contributed by atoms with Gasteiger partial charge in [0.05, 0.1) is 13.2 Å². The summed E-state index contributed by atoms with van der Waals surface area (Å²) in [5, 5.41) is 2.72. The summed E-state index contributed by atoms with van der Waals surface area (Å²) >= 11 is 0. The summed E-state index contributed by atoms with van der Waals surface area (Å²) in [5.74, 6) is 0. The van der Waals surface area contributed by atoms with E-state index in [4.69, 9.17) is 4.74 Å². The minimum absolute atomic E-state index is 0. The highest BCUT2D eigenvalue weighted by Crippen LogP contribution is 2.17. The van der Waals surface area contributed by atoms with Crippen LogP contribution in [0.25, 0.3) is 0 Å². The molecule has 1 aliphatic rings. The van der Waals surface area contributed by atoms with Crippen LogP contribution in [0.1, 0.15) is 6.92 Å². The van der Waals surface area contributed by atoms with Crippen molar-refractivity contribution in [2.24, 2.45) is 0 Å². The van der Waals surface area contributed by atoms with Crippen LogP contribution in [0.3, 0.4) is 0 Å². The highest BCUT2D eigenvalue weighted by Gasteiger charge is 2.36. The molecule has 0 bridgehead atoms. The van der Waals surface area contributed by atoms with Gasteiger partial charge in [-0.25, -0.2) is 8.78 Å². The Hall–Kier alpha value is 0.0700. The zero-order valence-electron chi connectivity index (χ0n) is 6.27. The Kier molecular flexibility index (Phi) is 4.21. The van der Waals surface area contributed by atoms with E-state index in [0.717, 1.165) is 0 Å². The lowest BCUT2D eigenvalue weighted by Gasteiger charge is -2.33. The monoisotopic (exact) mass is 187 g/mol. The number of halogens is 3. The summed E-state index contributed by atoms with van der Waals surface area (Å²) in [4.78, 5) is 0. The van der Waals surface area contributed by atoms with Crippen molar-refractivity contribution in [3.05, 3.63) is 0 Å². The van der Waals surface area contributed by atoms with E-state index in [1.807, 2.05) is 0 Å². The number of morpholine rings is 1. The van der Waals surface area contributed by atoms with Gasteiger partial charge >= 0.3 is 0 Å². The van der Waals surface area contributed by atoms with E-state index in [9.17, 15) is 8.78 Å². The summed E-state index contributed by atoms with van der Waals surface area (Å²) in [6.07, 6.45) is -2.35. The molecule has 2 nitrogen and oxygen atoms in total. The Morgan fingerprint density at radius 1 is 1.55 bits per heavy atom. The Morgan fingerprint density at radius 2 is 2.18 bits per heavy atom. The van der Waals surface area contributed by atoms with Crippen LogP contribution in [0.2, 0.25) is 0 Å². The zero-order chi connectivity index (χ0) is 7.61. The summed E-state index contributed by atoms with van der Waals surface area (Å²) in [7, 11) is 0. The van der Waals surface area contributed by atoms with Crippen molar-refractivity contribution in [2.45, 2.75) is 18.9 Å². The van der Waals surface area contributed by atoms with E-state index in [1.165, 1.54) is 6.92 Å². The van der Waals surface area contributed by atoms with Crippen LogP contribution in [0, 0.1) is 0 Å². The molecule has 0 saturated carbocycles. The largest absolute Gasteiger partial charge is 0.378 e. The van der Waals surface area contributed by atoms with Crippen LogP contribution < -0.4 is 5.32 Å². The van der Waals surface area contributed by atoms with Gasteiger partial charge in [-0.2, -0.15) is 0 Å². The molecule has 0 aromatic rings. The lowest BCUT2D eigenvalue weighted by Crippen LogP contribution is -2.56. The van der Waals surface area contributed by atoms with Gasteiger partial charge in [-0.05, 0) is 6.92 Å². The maximum Gasteiger partial charge on any atom is 0.258 e. The van der Waals surface area contributed by atoms with Gasteiger partial charge in [0.25, 0.3) is 6.43 Å². The highest BCUT2D eigenvalue weighted by molar-refractivity contribution is 5.85. The fraction of sp³-hybridized carbons (Fsp3) is 1.00. The average molecular weight is 188 g/mol. The lowest BCUT2D eigenvalue weighted by molar-refractivity contribution is -0.0491. The van der Waals surface area contributed by atoms with Gasteiger partial charge in [0.15, 0.2) is 0 Å². The maximum absolute atomic E-state index is 12.2. The summed E-state index contributed by atoms with van der Waals surface area (Å²) in [5.41, 5.74) is -1.13. The molecule has 5 heteroatoms. The van der Waals surface area contributed by atoms with Crippen LogP contribution >= 0.6 is 12.4 Å². The third kappa shape index (κ3) is 2.54. The number of alkyl halides is 2. The van der Waals surface area contributed by atoms with Crippen LogP contribution in [-0.2, 0) is 4.74 Å². The van der Waals surface area contributed by atoms with Crippen molar-refractivity contribution in [1.29, 1.82) is 0 Å². The normalized spacial score (nSPS) is 31.6. The Bertz CT molecular complexity index is 117. The third-order valence-corrected chi connectivity index (χ3v) is 1.66. The van der Waals surface area contributed by atoms with E-state index < -0.39 is 12.0 Å². The van der Waals surface area contributed by atoms with E-state index in [-0.39, 0.29) is 19.0 Å². The Morgan fingerprint density at radius 3 is 2.45 bits per heavy atom. The molecule has 0 aromatic carbocycles. The smallest absolute Gasteiger partial charge is 0.258 e. The molecular weight excluding hydrogens is 176 g/mol. The Balaban J connectivity index is 0.000001000. The van der Waals surface area contributed by atoms with Gasteiger partial charge < -0.3 is 10.1 Å². The quantitative estimate of drug-likeness (QED) is 0.663. The predicted molar refractivity (Wildman–Crippen MR) is 40.5 cm³/mol. The first kappa shape index (κ1) is 11.1. The molecule has 0 aliphatic carbocycles. The van der Waals surface area contributed by atoms with Gasteiger partial charge in [0.1, 0.15) is 5.54 Å². The van der Waals surface area contributed by atoms with Crippen molar-refractivity contribution in [3.63, 3.8) is 0 Å². The number of hydrogen-bond acceptors (Lipinski definition) is 2. The molecule has 1 rings (SSSR count). The zero-order valence-corrected chi connectivity index (χ0v) is 7.09. The molecule has 0 radical (unpaired) electrons. The predicted octanol–water partition coefficient (Wildman–Crippen LogP) is 1.05. The molecule has 68 valence electrons. The van der Waals surface area contributed by atoms with Gasteiger partial charge in [0, 0.05) is 6.54 Å². The first-order valence-electron chi connectivity index (χ1n) is 3.26. The number of nitrogens with one attached hydrogen (secondary N) is 1. The van der Waals surface area contributed by atoms with Gasteiger partial charge in [-0.15, -0.1) is 12.4 Å². The van der Waals surface area contributed by atoms with Crippen molar-refractivity contribution < 1.29 is 13.5 Å². The molecule has 0 aromatic heterocycles. The highest BCUT2D eigenvalue weighted by atomic mass is 35.5. The van der Waals surface area contributed by atoms with Crippen LogP contribution in [0.5, 0.6) is 0 Å². The van der Waals surface area contributed by atoms with Crippen molar-refractivity contribution in [1.82, 2.24) is 5.32 Å². The third-order valence-electron chi connectivity index (χ3n) is 1.66. The van der Waals surface area contributed by atoms with E-state index in [2.05, 4.69) is 5.32 Å². The number of ether oxygens (including phenoxy) is 1. The van der Waals surface area contributed by atoms with Crippen LogP contribution in [0.4, 0.5) is 8.78 Å². The molecule has 1 fully saturated rings. The second kappa shape index (κ2) is 4.18. The number of rotatable bonds is 1. The molecule has 0 amide bonds. The average Bonchev–Trinajstić information content (AvgIpc) is 1.89. The minimum Gasteiger partial charge on any atom is -0.378 e. The fourth-order valence-electron chi connectivity index (χ4n) is 0.884. The molecule has 1 heterocycles. The lowest BCUT2D eigenvalue weighted by atomic mass is 10.0. The van der Waals surface area contributed by atoms with Gasteiger partial charge in [0.2, 0.25) is 0 Å².